The highest BCUT2D eigenvalue weighted by Gasteiger charge is 2.33. The monoisotopic (exact) mass is 471 g/mol. The van der Waals surface area contributed by atoms with E-state index in [1.807, 2.05) is 5.38 Å². The fourth-order valence-corrected chi connectivity index (χ4v) is 6.17. The summed E-state index contributed by atoms with van der Waals surface area (Å²) in [6.07, 6.45) is 5.58. The van der Waals surface area contributed by atoms with Crippen molar-refractivity contribution in [2.24, 2.45) is 0 Å². The minimum Gasteiger partial charge on any atom is -0.452 e. The lowest BCUT2D eigenvalue weighted by atomic mass is 9.94. The standard InChI is InChI=1S/C19H25N3O5S3/c1-14(27-16(23)9-10-21-30(25,26)17-8-5-12-28-17)18(24)22(19-20-11-13-29-19)15-6-3-2-4-7-15/h5,8,11-15,21H,2-4,6-7,9-10H2,1H3. The van der Waals surface area contributed by atoms with E-state index in [0.29, 0.717) is 5.13 Å². The Morgan fingerprint density at radius 1 is 1.27 bits per heavy atom. The minimum absolute atomic E-state index is 0.0520. The summed E-state index contributed by atoms with van der Waals surface area (Å²) in [5, 5.41) is 4.09. The molecule has 1 fully saturated rings. The van der Waals surface area contributed by atoms with Crippen LogP contribution in [0, 0.1) is 0 Å². The molecule has 0 saturated heterocycles. The zero-order valence-corrected chi connectivity index (χ0v) is 19.1. The quantitative estimate of drug-likeness (QED) is 0.563. The molecule has 0 bridgehead atoms. The number of amides is 1. The molecule has 0 aliphatic heterocycles. The smallest absolute Gasteiger partial charge is 0.307 e. The third-order valence-electron chi connectivity index (χ3n) is 4.84. The molecule has 164 valence electrons. The molecule has 2 aromatic rings. The van der Waals surface area contributed by atoms with Gasteiger partial charge in [-0.05, 0) is 31.2 Å². The Morgan fingerprint density at radius 3 is 2.67 bits per heavy atom. The number of thiophene rings is 1. The zero-order chi connectivity index (χ0) is 21.6. The summed E-state index contributed by atoms with van der Waals surface area (Å²) in [6, 6.07) is 3.18. The van der Waals surface area contributed by atoms with Gasteiger partial charge in [-0.25, -0.2) is 18.1 Å². The molecule has 1 N–H and O–H groups in total. The second kappa shape index (κ2) is 10.5. The van der Waals surface area contributed by atoms with Crippen LogP contribution in [0.4, 0.5) is 5.13 Å². The van der Waals surface area contributed by atoms with Gasteiger partial charge in [0.15, 0.2) is 11.2 Å². The molecular formula is C19H25N3O5S3. The predicted octanol–water partition coefficient (Wildman–Crippen LogP) is 3.17. The lowest BCUT2D eigenvalue weighted by Gasteiger charge is -2.33. The van der Waals surface area contributed by atoms with Crippen molar-refractivity contribution in [3.8, 4) is 0 Å². The number of carbonyl (C=O) groups is 2. The first-order chi connectivity index (χ1) is 14.4. The maximum absolute atomic E-state index is 13.1. The molecule has 1 amide bonds. The second-order valence-electron chi connectivity index (χ2n) is 7.03. The third kappa shape index (κ3) is 5.87. The molecule has 11 heteroatoms. The number of nitrogens with one attached hydrogen (secondary N) is 1. The average Bonchev–Trinajstić information content (AvgIpc) is 3.43. The number of carbonyl (C=O) groups excluding carboxylic acids is 2. The topological polar surface area (TPSA) is 106 Å². The van der Waals surface area contributed by atoms with Crippen molar-refractivity contribution in [1.29, 1.82) is 0 Å². The van der Waals surface area contributed by atoms with Crippen LogP contribution in [0.5, 0.6) is 0 Å². The van der Waals surface area contributed by atoms with Crippen LogP contribution in [-0.4, -0.2) is 44.0 Å². The SMILES string of the molecule is CC(OC(=O)CCNS(=O)(=O)c1cccs1)C(=O)N(c1nccs1)C1CCCCC1. The van der Waals surface area contributed by atoms with E-state index in [0.717, 1.165) is 43.4 Å². The highest BCUT2D eigenvalue weighted by atomic mass is 32.2. The molecule has 1 aliphatic carbocycles. The van der Waals surface area contributed by atoms with Gasteiger partial charge in [0.1, 0.15) is 4.21 Å². The predicted molar refractivity (Wildman–Crippen MR) is 116 cm³/mol. The van der Waals surface area contributed by atoms with Crippen molar-refractivity contribution in [2.45, 2.75) is 61.8 Å². The Bertz CT molecular complexity index is 923. The van der Waals surface area contributed by atoms with Crippen molar-refractivity contribution in [3.63, 3.8) is 0 Å². The fraction of sp³-hybridized carbons (Fsp3) is 0.526. The van der Waals surface area contributed by atoms with Crippen LogP contribution < -0.4 is 9.62 Å². The maximum Gasteiger partial charge on any atom is 0.307 e. The maximum atomic E-state index is 13.1. The summed E-state index contributed by atoms with van der Waals surface area (Å²) in [7, 11) is -3.64. The Balaban J connectivity index is 1.54. The molecule has 30 heavy (non-hydrogen) atoms. The van der Waals surface area contributed by atoms with Gasteiger partial charge in [-0.2, -0.15) is 0 Å². The third-order valence-corrected chi connectivity index (χ3v) is 8.47. The van der Waals surface area contributed by atoms with Crippen LogP contribution in [0.15, 0.2) is 33.3 Å². The molecule has 2 aromatic heterocycles. The molecule has 1 aliphatic rings. The number of nitrogens with zero attached hydrogens (tertiary/aromatic N) is 2. The number of rotatable bonds is 9. The lowest BCUT2D eigenvalue weighted by molar-refractivity contribution is -0.153. The summed E-state index contributed by atoms with van der Waals surface area (Å²) < 4.78 is 32.0. The first-order valence-electron chi connectivity index (χ1n) is 9.83. The van der Waals surface area contributed by atoms with Gasteiger partial charge in [0.25, 0.3) is 5.91 Å². The Morgan fingerprint density at radius 2 is 2.03 bits per heavy atom. The van der Waals surface area contributed by atoms with Crippen LogP contribution in [-0.2, 0) is 24.3 Å². The van der Waals surface area contributed by atoms with Gasteiger partial charge in [0.05, 0.1) is 6.42 Å². The van der Waals surface area contributed by atoms with Gasteiger partial charge < -0.3 is 4.74 Å². The zero-order valence-electron chi connectivity index (χ0n) is 16.7. The molecule has 1 saturated carbocycles. The van der Waals surface area contributed by atoms with Crippen LogP contribution in [0.25, 0.3) is 0 Å². The van der Waals surface area contributed by atoms with E-state index in [4.69, 9.17) is 4.74 Å². The van der Waals surface area contributed by atoms with Crippen molar-refractivity contribution in [3.05, 3.63) is 29.1 Å². The molecule has 1 unspecified atom stereocenters. The van der Waals surface area contributed by atoms with E-state index in [9.17, 15) is 18.0 Å². The normalized spacial score (nSPS) is 16.2. The largest absolute Gasteiger partial charge is 0.452 e. The van der Waals surface area contributed by atoms with E-state index in [-0.39, 0.29) is 29.1 Å². The lowest BCUT2D eigenvalue weighted by Crippen LogP contribution is -2.47. The molecule has 0 aromatic carbocycles. The molecule has 8 nitrogen and oxygen atoms in total. The Kier molecular flexibility index (Phi) is 7.98. The van der Waals surface area contributed by atoms with Crippen molar-refractivity contribution in [1.82, 2.24) is 9.71 Å². The molecule has 0 spiro atoms. The number of hydrogen-bond donors (Lipinski definition) is 1. The number of aromatic nitrogens is 1. The van der Waals surface area contributed by atoms with Crippen molar-refractivity contribution < 1.29 is 22.7 Å². The van der Waals surface area contributed by atoms with Crippen LogP contribution in [0.3, 0.4) is 0 Å². The number of ether oxygens (including phenoxy) is 1. The van der Waals surface area contributed by atoms with Crippen LogP contribution >= 0.6 is 22.7 Å². The van der Waals surface area contributed by atoms with Gasteiger partial charge in [0.2, 0.25) is 10.0 Å². The van der Waals surface area contributed by atoms with Gasteiger partial charge in [0, 0.05) is 24.2 Å². The highest BCUT2D eigenvalue weighted by Crippen LogP contribution is 2.29. The summed E-state index contributed by atoms with van der Waals surface area (Å²) >= 11 is 2.48. The van der Waals surface area contributed by atoms with Crippen LogP contribution in [0.2, 0.25) is 0 Å². The van der Waals surface area contributed by atoms with Crippen molar-refractivity contribution in [2.75, 3.05) is 11.4 Å². The molecule has 1 atom stereocenters. The Labute approximate surface area is 184 Å². The number of hydrogen-bond acceptors (Lipinski definition) is 8. The average molecular weight is 472 g/mol. The summed E-state index contributed by atoms with van der Waals surface area (Å²) in [5.41, 5.74) is 0. The highest BCUT2D eigenvalue weighted by molar-refractivity contribution is 7.91. The number of sulfonamides is 1. The number of esters is 1. The molecule has 0 radical (unpaired) electrons. The Hall–Kier alpha value is -1.82. The van der Waals surface area contributed by atoms with Crippen LogP contribution in [0.1, 0.15) is 45.4 Å². The fourth-order valence-electron chi connectivity index (χ4n) is 3.38. The van der Waals surface area contributed by atoms with Gasteiger partial charge >= 0.3 is 5.97 Å². The second-order valence-corrected chi connectivity index (χ2v) is 10.8. The molecular weight excluding hydrogens is 446 g/mol. The van der Waals surface area contributed by atoms with E-state index in [1.54, 1.807) is 29.5 Å². The molecule has 2 heterocycles. The van der Waals surface area contributed by atoms with Gasteiger partial charge in [-0.1, -0.05) is 25.3 Å². The molecule has 3 rings (SSSR count). The summed E-state index contributed by atoms with van der Waals surface area (Å²) in [5.74, 6) is -0.933. The first kappa shape index (κ1) is 22.9. The van der Waals surface area contributed by atoms with E-state index in [1.165, 1.54) is 17.4 Å². The summed E-state index contributed by atoms with van der Waals surface area (Å²) in [6.45, 7) is 1.44. The number of thiazole rings is 1. The van der Waals surface area contributed by atoms with E-state index < -0.39 is 22.1 Å². The van der Waals surface area contributed by atoms with Gasteiger partial charge in [-0.3, -0.25) is 14.5 Å². The van der Waals surface area contributed by atoms with E-state index in [2.05, 4.69) is 9.71 Å². The van der Waals surface area contributed by atoms with Gasteiger partial charge in [-0.15, -0.1) is 22.7 Å². The summed E-state index contributed by atoms with van der Waals surface area (Å²) in [4.78, 5) is 31.2. The number of anilines is 1. The van der Waals surface area contributed by atoms with Crippen molar-refractivity contribution >= 4 is 49.7 Å². The minimum atomic E-state index is -3.64. The first-order valence-corrected chi connectivity index (χ1v) is 13.1. The van der Waals surface area contributed by atoms with E-state index >= 15 is 0 Å².